The van der Waals surface area contributed by atoms with E-state index in [1.165, 1.54) is 12.1 Å². The quantitative estimate of drug-likeness (QED) is 0.679. The fourth-order valence-electron chi connectivity index (χ4n) is 2.66. The van der Waals surface area contributed by atoms with Crippen LogP contribution in [0.15, 0.2) is 59.8 Å². The second kappa shape index (κ2) is 6.86. The van der Waals surface area contributed by atoms with Crippen molar-refractivity contribution in [3.63, 3.8) is 0 Å². The maximum absolute atomic E-state index is 12.8. The first-order chi connectivity index (χ1) is 12.0. The molecule has 3 rings (SSSR count). The van der Waals surface area contributed by atoms with Gasteiger partial charge in [0.05, 0.1) is 22.3 Å². The summed E-state index contributed by atoms with van der Waals surface area (Å²) < 4.78 is 0. The largest absolute Gasteiger partial charge is 0.508 e. The molecule has 128 valence electrons. The van der Waals surface area contributed by atoms with Crippen LogP contribution in [0, 0.1) is 0 Å². The molecule has 0 saturated heterocycles. The lowest BCUT2D eigenvalue weighted by Gasteiger charge is -2.28. The van der Waals surface area contributed by atoms with Crippen molar-refractivity contribution in [1.82, 2.24) is 10.6 Å². The van der Waals surface area contributed by atoms with E-state index in [0.717, 1.165) is 0 Å². The van der Waals surface area contributed by atoms with E-state index in [1.807, 2.05) is 0 Å². The monoisotopic (exact) mass is 357 g/mol. The average molecular weight is 358 g/mol. The SMILES string of the molecule is CC1=C(C(=O)Nc2ccccc2Cl)[C@H](c2ccc(O)cc2)NC(=O)N1. The molecule has 4 N–H and O–H groups in total. The van der Waals surface area contributed by atoms with Gasteiger partial charge in [0, 0.05) is 5.70 Å². The number of phenolic OH excluding ortho intramolecular Hbond substituents is 1. The molecule has 0 fully saturated rings. The zero-order chi connectivity index (χ0) is 18.0. The Kier molecular flexibility index (Phi) is 4.63. The number of carbonyl (C=O) groups is 2. The number of carbonyl (C=O) groups excluding carboxylic acids is 2. The molecule has 0 aromatic heterocycles. The van der Waals surface area contributed by atoms with Crippen LogP contribution in [0.4, 0.5) is 10.5 Å². The van der Waals surface area contributed by atoms with Crippen molar-refractivity contribution in [2.45, 2.75) is 13.0 Å². The number of amides is 3. The van der Waals surface area contributed by atoms with Crippen LogP contribution in [0.5, 0.6) is 5.75 Å². The van der Waals surface area contributed by atoms with E-state index >= 15 is 0 Å². The first-order valence-electron chi connectivity index (χ1n) is 7.59. The van der Waals surface area contributed by atoms with Crippen LogP contribution in [-0.2, 0) is 4.79 Å². The van der Waals surface area contributed by atoms with Crippen molar-refractivity contribution in [3.05, 3.63) is 70.4 Å². The maximum atomic E-state index is 12.8. The van der Waals surface area contributed by atoms with Crippen LogP contribution < -0.4 is 16.0 Å². The Bertz CT molecular complexity index is 862. The van der Waals surface area contributed by atoms with E-state index in [2.05, 4.69) is 16.0 Å². The normalized spacial score (nSPS) is 16.9. The standard InChI is InChI=1S/C18H16ClN3O3/c1-10-15(17(24)21-14-5-3-2-4-13(14)19)16(22-18(25)20-10)11-6-8-12(23)9-7-11/h2-9,16,23H,1H3,(H,21,24)(H2,20,22,25)/t16-/m0/s1. The lowest BCUT2D eigenvalue weighted by Crippen LogP contribution is -2.45. The lowest BCUT2D eigenvalue weighted by atomic mass is 9.94. The predicted octanol–water partition coefficient (Wildman–Crippen LogP) is 3.31. The van der Waals surface area contributed by atoms with Gasteiger partial charge in [-0.1, -0.05) is 35.9 Å². The number of nitrogens with one attached hydrogen (secondary N) is 3. The molecule has 0 radical (unpaired) electrons. The minimum atomic E-state index is -0.642. The van der Waals surface area contributed by atoms with Crippen molar-refractivity contribution < 1.29 is 14.7 Å². The third kappa shape index (κ3) is 3.59. The summed E-state index contributed by atoms with van der Waals surface area (Å²) in [4.78, 5) is 24.7. The molecule has 0 saturated carbocycles. The summed E-state index contributed by atoms with van der Waals surface area (Å²) >= 11 is 6.09. The maximum Gasteiger partial charge on any atom is 0.319 e. The summed E-state index contributed by atoms with van der Waals surface area (Å²) in [6.07, 6.45) is 0. The third-order valence-electron chi connectivity index (χ3n) is 3.86. The molecule has 0 spiro atoms. The van der Waals surface area contributed by atoms with Gasteiger partial charge in [0.2, 0.25) is 0 Å². The van der Waals surface area contributed by atoms with Gasteiger partial charge in [-0.15, -0.1) is 0 Å². The highest BCUT2D eigenvalue weighted by Gasteiger charge is 2.31. The van der Waals surface area contributed by atoms with E-state index < -0.39 is 12.1 Å². The summed E-state index contributed by atoms with van der Waals surface area (Å²) in [5, 5.41) is 18.0. The molecule has 2 aromatic rings. The number of hydrogen-bond donors (Lipinski definition) is 4. The second-order valence-electron chi connectivity index (χ2n) is 5.60. The number of rotatable bonds is 3. The molecule has 6 nitrogen and oxygen atoms in total. The van der Waals surface area contributed by atoms with E-state index in [0.29, 0.717) is 27.5 Å². The van der Waals surface area contributed by atoms with Gasteiger partial charge in [-0.05, 0) is 36.8 Å². The van der Waals surface area contributed by atoms with Gasteiger partial charge >= 0.3 is 6.03 Å². The summed E-state index contributed by atoms with van der Waals surface area (Å²) in [5.74, 6) is -0.275. The van der Waals surface area contributed by atoms with Crippen LogP contribution in [-0.4, -0.2) is 17.0 Å². The summed E-state index contributed by atoms with van der Waals surface area (Å²) in [6, 6.07) is 12.2. The van der Waals surface area contributed by atoms with Gasteiger partial charge in [0.25, 0.3) is 5.91 Å². The first-order valence-corrected chi connectivity index (χ1v) is 7.96. The van der Waals surface area contributed by atoms with Crippen LogP contribution in [0.2, 0.25) is 5.02 Å². The van der Waals surface area contributed by atoms with Crippen molar-refractivity contribution in [2.24, 2.45) is 0 Å². The van der Waals surface area contributed by atoms with Gasteiger partial charge in [-0.25, -0.2) is 4.79 Å². The van der Waals surface area contributed by atoms with Crippen molar-refractivity contribution in [3.8, 4) is 5.75 Å². The molecule has 1 aliphatic heterocycles. The Labute approximate surface area is 149 Å². The van der Waals surface area contributed by atoms with Gasteiger partial charge in [-0.3, -0.25) is 4.79 Å². The number of benzene rings is 2. The Morgan fingerprint density at radius 1 is 1.16 bits per heavy atom. The number of aromatic hydroxyl groups is 1. The molecule has 2 aromatic carbocycles. The topological polar surface area (TPSA) is 90.5 Å². The van der Waals surface area contributed by atoms with E-state index in [9.17, 15) is 14.7 Å². The highest BCUT2D eigenvalue weighted by molar-refractivity contribution is 6.33. The molecule has 1 atom stereocenters. The van der Waals surface area contributed by atoms with Gasteiger partial charge < -0.3 is 21.1 Å². The van der Waals surface area contributed by atoms with Crippen LogP contribution in [0.3, 0.4) is 0 Å². The Morgan fingerprint density at radius 2 is 1.84 bits per heavy atom. The van der Waals surface area contributed by atoms with E-state index in [-0.39, 0.29) is 11.7 Å². The number of urea groups is 1. The summed E-state index contributed by atoms with van der Waals surface area (Å²) in [6.45, 7) is 1.66. The predicted molar refractivity (Wildman–Crippen MR) is 95.3 cm³/mol. The van der Waals surface area contributed by atoms with Crippen LogP contribution >= 0.6 is 11.6 Å². The van der Waals surface area contributed by atoms with Gasteiger partial charge in [0.15, 0.2) is 0 Å². The Morgan fingerprint density at radius 3 is 2.52 bits per heavy atom. The Balaban J connectivity index is 1.96. The molecule has 3 amide bonds. The van der Waals surface area contributed by atoms with Crippen LogP contribution in [0.1, 0.15) is 18.5 Å². The molecular weight excluding hydrogens is 342 g/mol. The lowest BCUT2D eigenvalue weighted by molar-refractivity contribution is -0.113. The number of anilines is 1. The number of phenols is 1. The van der Waals surface area contributed by atoms with Crippen molar-refractivity contribution >= 4 is 29.2 Å². The molecular formula is C18H16ClN3O3. The number of halogens is 1. The summed E-state index contributed by atoms with van der Waals surface area (Å²) in [7, 11) is 0. The zero-order valence-corrected chi connectivity index (χ0v) is 14.1. The van der Waals surface area contributed by atoms with Crippen molar-refractivity contribution in [2.75, 3.05) is 5.32 Å². The smallest absolute Gasteiger partial charge is 0.319 e. The zero-order valence-electron chi connectivity index (χ0n) is 13.3. The molecule has 0 bridgehead atoms. The van der Waals surface area contributed by atoms with Crippen molar-refractivity contribution in [1.29, 1.82) is 0 Å². The molecule has 0 aliphatic carbocycles. The molecule has 7 heteroatoms. The highest BCUT2D eigenvalue weighted by atomic mass is 35.5. The van der Waals surface area contributed by atoms with Crippen LogP contribution in [0.25, 0.3) is 0 Å². The molecule has 25 heavy (non-hydrogen) atoms. The van der Waals surface area contributed by atoms with Gasteiger partial charge in [0.1, 0.15) is 5.75 Å². The fraction of sp³-hybridized carbons (Fsp3) is 0.111. The number of para-hydroxylation sites is 1. The Hall–Kier alpha value is -2.99. The van der Waals surface area contributed by atoms with Gasteiger partial charge in [-0.2, -0.15) is 0 Å². The molecule has 0 unspecified atom stereocenters. The molecule has 1 aliphatic rings. The summed E-state index contributed by atoms with van der Waals surface area (Å²) in [5.41, 5.74) is 1.98. The third-order valence-corrected chi connectivity index (χ3v) is 4.19. The molecule has 1 heterocycles. The first kappa shape index (κ1) is 16.9. The number of allylic oxidation sites excluding steroid dienone is 1. The second-order valence-corrected chi connectivity index (χ2v) is 6.00. The fourth-order valence-corrected chi connectivity index (χ4v) is 2.85. The minimum absolute atomic E-state index is 0.104. The number of hydrogen-bond acceptors (Lipinski definition) is 3. The average Bonchev–Trinajstić information content (AvgIpc) is 2.57. The minimum Gasteiger partial charge on any atom is -0.508 e. The highest BCUT2D eigenvalue weighted by Crippen LogP contribution is 2.29. The van der Waals surface area contributed by atoms with E-state index in [4.69, 9.17) is 11.6 Å². The van der Waals surface area contributed by atoms with E-state index in [1.54, 1.807) is 43.3 Å².